The number of halogens is 1. The molecule has 0 atom stereocenters. The van der Waals surface area contributed by atoms with Gasteiger partial charge in [0, 0.05) is 36.0 Å². The molecule has 1 N–H and O–H groups in total. The second-order valence-electron chi connectivity index (χ2n) is 8.17. The monoisotopic (exact) mass is 447 g/mol. The van der Waals surface area contributed by atoms with Gasteiger partial charge in [-0.25, -0.2) is 13.2 Å². The van der Waals surface area contributed by atoms with E-state index in [2.05, 4.69) is 12.2 Å². The Balaban J connectivity index is 1.53. The van der Waals surface area contributed by atoms with Crippen molar-refractivity contribution in [3.05, 3.63) is 52.5 Å². The number of sulfonamides is 1. The quantitative estimate of drug-likeness (QED) is 0.743. The van der Waals surface area contributed by atoms with Crippen LogP contribution in [0, 0.1) is 12.8 Å². The first-order valence-electron chi connectivity index (χ1n) is 10.2. The Morgan fingerprint density at radius 2 is 1.83 bits per heavy atom. The number of nitrogens with zero attached hydrogens (tertiary/aromatic N) is 2. The summed E-state index contributed by atoms with van der Waals surface area (Å²) in [6, 6.07) is 10.2. The first-order valence-corrected chi connectivity index (χ1v) is 12.1. The number of piperidine rings is 1. The van der Waals surface area contributed by atoms with Crippen LogP contribution in [0.1, 0.15) is 30.9 Å². The van der Waals surface area contributed by atoms with Crippen molar-refractivity contribution in [1.82, 2.24) is 4.31 Å². The number of carbonyl (C=O) groups is 1. The fourth-order valence-electron chi connectivity index (χ4n) is 4.04. The van der Waals surface area contributed by atoms with Crippen LogP contribution < -0.4 is 10.2 Å². The third-order valence-electron chi connectivity index (χ3n) is 6.01. The summed E-state index contributed by atoms with van der Waals surface area (Å²) in [6.45, 7) is 5.69. The van der Waals surface area contributed by atoms with Gasteiger partial charge in [-0.2, -0.15) is 4.31 Å². The fraction of sp³-hybridized carbons (Fsp3) is 0.409. The second kappa shape index (κ2) is 8.21. The lowest BCUT2D eigenvalue weighted by Crippen LogP contribution is -2.37. The molecule has 0 spiro atoms. The van der Waals surface area contributed by atoms with Gasteiger partial charge in [0.2, 0.25) is 10.0 Å². The molecular formula is C22H26ClN3O3S. The van der Waals surface area contributed by atoms with Crippen LogP contribution in [0.15, 0.2) is 41.3 Å². The maximum atomic E-state index is 13.0. The van der Waals surface area contributed by atoms with E-state index in [1.807, 2.05) is 13.0 Å². The van der Waals surface area contributed by atoms with Crippen LogP contribution in [0.4, 0.5) is 16.2 Å². The molecular weight excluding hydrogens is 422 g/mol. The predicted molar refractivity (Wildman–Crippen MR) is 120 cm³/mol. The van der Waals surface area contributed by atoms with E-state index < -0.39 is 10.0 Å². The average Bonchev–Trinajstić information content (AvgIpc) is 3.14. The third kappa shape index (κ3) is 4.06. The molecule has 0 unspecified atom stereocenters. The van der Waals surface area contributed by atoms with Gasteiger partial charge in [0.1, 0.15) is 0 Å². The van der Waals surface area contributed by atoms with Crippen molar-refractivity contribution in [2.75, 3.05) is 29.9 Å². The average molecular weight is 448 g/mol. The highest BCUT2D eigenvalue weighted by Gasteiger charge is 2.31. The molecule has 0 bridgehead atoms. The molecule has 2 aliphatic rings. The molecule has 2 amide bonds. The van der Waals surface area contributed by atoms with E-state index >= 15 is 0 Å². The molecule has 6 nitrogen and oxygen atoms in total. The Morgan fingerprint density at radius 3 is 2.57 bits per heavy atom. The van der Waals surface area contributed by atoms with Crippen molar-refractivity contribution in [1.29, 1.82) is 0 Å². The summed E-state index contributed by atoms with van der Waals surface area (Å²) in [5.74, 6) is 0.562. The number of fused-ring (bicyclic) bond motifs is 1. The molecule has 1 fully saturated rings. The zero-order valence-corrected chi connectivity index (χ0v) is 18.8. The van der Waals surface area contributed by atoms with E-state index in [9.17, 15) is 13.2 Å². The molecule has 2 heterocycles. The van der Waals surface area contributed by atoms with Gasteiger partial charge in [-0.15, -0.1) is 0 Å². The Hall–Kier alpha value is -2.09. The molecule has 0 aromatic heterocycles. The summed E-state index contributed by atoms with van der Waals surface area (Å²) < 4.78 is 27.7. The highest BCUT2D eigenvalue weighted by atomic mass is 35.5. The number of hydrogen-bond donors (Lipinski definition) is 1. The molecule has 160 valence electrons. The number of carbonyl (C=O) groups excluding carboxylic acids is 1. The van der Waals surface area contributed by atoms with Gasteiger partial charge in [-0.1, -0.05) is 24.6 Å². The van der Waals surface area contributed by atoms with Crippen LogP contribution in [-0.4, -0.2) is 38.4 Å². The van der Waals surface area contributed by atoms with Crippen LogP contribution >= 0.6 is 11.6 Å². The number of hydrogen-bond acceptors (Lipinski definition) is 3. The van der Waals surface area contributed by atoms with Gasteiger partial charge >= 0.3 is 6.03 Å². The largest absolute Gasteiger partial charge is 0.326 e. The smallest absolute Gasteiger partial charge is 0.307 e. The molecule has 30 heavy (non-hydrogen) atoms. The maximum Gasteiger partial charge on any atom is 0.326 e. The minimum Gasteiger partial charge on any atom is -0.307 e. The Kier molecular flexibility index (Phi) is 5.79. The fourth-order valence-corrected chi connectivity index (χ4v) is 5.73. The van der Waals surface area contributed by atoms with Crippen molar-refractivity contribution < 1.29 is 13.2 Å². The molecule has 8 heteroatoms. The Morgan fingerprint density at radius 1 is 1.10 bits per heavy atom. The number of anilines is 2. The zero-order valence-electron chi connectivity index (χ0n) is 17.2. The lowest BCUT2D eigenvalue weighted by Gasteiger charge is -2.29. The number of rotatable bonds is 3. The Labute approximate surface area is 182 Å². The normalized spacial score (nSPS) is 17.8. The zero-order chi connectivity index (χ0) is 21.5. The summed E-state index contributed by atoms with van der Waals surface area (Å²) >= 11 is 6.05. The van der Waals surface area contributed by atoms with Crippen LogP contribution in [0.2, 0.25) is 5.02 Å². The number of aryl methyl sites for hydroxylation is 1. The summed E-state index contributed by atoms with van der Waals surface area (Å²) in [4.78, 5) is 14.8. The molecule has 2 aliphatic heterocycles. The van der Waals surface area contributed by atoms with Crippen LogP contribution in [-0.2, 0) is 16.4 Å². The van der Waals surface area contributed by atoms with E-state index in [1.54, 1.807) is 39.5 Å². The molecule has 0 radical (unpaired) electrons. The van der Waals surface area contributed by atoms with Gasteiger partial charge in [0.25, 0.3) is 0 Å². The molecule has 4 rings (SSSR count). The first kappa shape index (κ1) is 21.2. The van der Waals surface area contributed by atoms with Gasteiger partial charge < -0.3 is 5.32 Å². The van der Waals surface area contributed by atoms with E-state index in [-0.39, 0.29) is 6.03 Å². The Bertz CT molecular complexity index is 1080. The summed E-state index contributed by atoms with van der Waals surface area (Å²) in [5.41, 5.74) is 3.21. The topological polar surface area (TPSA) is 69.7 Å². The van der Waals surface area contributed by atoms with Crippen LogP contribution in [0.5, 0.6) is 0 Å². The highest BCUT2D eigenvalue weighted by molar-refractivity contribution is 7.89. The van der Waals surface area contributed by atoms with E-state index in [0.717, 1.165) is 29.7 Å². The standard InChI is InChI=1S/C22H26ClN3O3S/c1-15-7-10-25(11-8-15)30(28,29)19-5-6-21-17(13-19)9-12-26(21)22(27)24-20-14-18(23)4-3-16(20)2/h3-6,13-15H,7-12H2,1-2H3,(H,24,27). The third-order valence-corrected chi connectivity index (χ3v) is 8.14. The number of urea groups is 1. The molecule has 1 saturated heterocycles. The van der Waals surface area contributed by atoms with Gasteiger partial charge in [0.05, 0.1) is 4.90 Å². The predicted octanol–water partition coefficient (Wildman–Crippen LogP) is 4.66. The van der Waals surface area contributed by atoms with Crippen molar-refractivity contribution >= 4 is 39.0 Å². The van der Waals surface area contributed by atoms with Gasteiger partial charge in [-0.3, -0.25) is 4.90 Å². The maximum absolute atomic E-state index is 13.0. The van der Waals surface area contributed by atoms with Crippen LogP contribution in [0.3, 0.4) is 0 Å². The van der Waals surface area contributed by atoms with E-state index in [0.29, 0.717) is 47.6 Å². The minimum atomic E-state index is -3.50. The number of benzene rings is 2. The van der Waals surface area contributed by atoms with Crippen molar-refractivity contribution in [3.63, 3.8) is 0 Å². The van der Waals surface area contributed by atoms with Gasteiger partial charge in [0.15, 0.2) is 0 Å². The SMILES string of the molecule is Cc1ccc(Cl)cc1NC(=O)N1CCc2cc(S(=O)(=O)N3CCC(C)CC3)ccc21. The van der Waals surface area contributed by atoms with E-state index in [4.69, 9.17) is 11.6 Å². The lowest BCUT2D eigenvalue weighted by molar-refractivity contribution is 0.257. The molecule has 2 aromatic carbocycles. The van der Waals surface area contributed by atoms with Crippen molar-refractivity contribution in [2.45, 2.75) is 38.0 Å². The first-order chi connectivity index (χ1) is 14.3. The lowest BCUT2D eigenvalue weighted by atomic mass is 10.0. The second-order valence-corrected chi connectivity index (χ2v) is 10.5. The number of nitrogens with one attached hydrogen (secondary N) is 1. The highest BCUT2D eigenvalue weighted by Crippen LogP contribution is 2.33. The molecule has 0 saturated carbocycles. The molecule has 2 aromatic rings. The summed E-state index contributed by atoms with van der Waals surface area (Å²) in [6.07, 6.45) is 2.40. The minimum absolute atomic E-state index is 0.250. The van der Waals surface area contributed by atoms with Crippen molar-refractivity contribution in [3.8, 4) is 0 Å². The van der Waals surface area contributed by atoms with Gasteiger partial charge in [-0.05, 0) is 73.6 Å². The van der Waals surface area contributed by atoms with Crippen molar-refractivity contribution in [2.24, 2.45) is 5.92 Å². The summed E-state index contributed by atoms with van der Waals surface area (Å²) in [5, 5.41) is 3.47. The number of amides is 2. The summed E-state index contributed by atoms with van der Waals surface area (Å²) in [7, 11) is -3.50. The molecule has 0 aliphatic carbocycles. The van der Waals surface area contributed by atoms with E-state index in [1.165, 1.54) is 0 Å². The van der Waals surface area contributed by atoms with Crippen LogP contribution in [0.25, 0.3) is 0 Å².